The van der Waals surface area contributed by atoms with Gasteiger partial charge >= 0.3 is 6.18 Å². The zero-order valence-electron chi connectivity index (χ0n) is 13.8. The molecule has 0 aliphatic rings. The van der Waals surface area contributed by atoms with Gasteiger partial charge in [-0.2, -0.15) is 13.2 Å². The standard InChI is InChI=1S/C17H14F3N3O2S/c1-3-23-8-21-15-12(16(23)25)9(2)13(26-15)14(24)22-11-7-5-4-6-10(11)17(18,19)20/h4-8H,3H2,1-2H3,(H,22,24). The van der Waals surface area contributed by atoms with Gasteiger partial charge in [0.15, 0.2) is 0 Å². The molecule has 0 saturated carbocycles. The Bertz CT molecular complexity index is 1050. The van der Waals surface area contributed by atoms with Gasteiger partial charge in [-0.15, -0.1) is 11.3 Å². The number of thiophene rings is 1. The van der Waals surface area contributed by atoms with E-state index in [0.717, 1.165) is 17.4 Å². The summed E-state index contributed by atoms with van der Waals surface area (Å²) in [6, 6.07) is 4.74. The Balaban J connectivity index is 2.04. The van der Waals surface area contributed by atoms with Gasteiger partial charge in [0.25, 0.3) is 11.5 Å². The Morgan fingerprint density at radius 3 is 2.65 bits per heavy atom. The Kier molecular flexibility index (Phi) is 4.57. The summed E-state index contributed by atoms with van der Waals surface area (Å²) >= 11 is 0.980. The average Bonchev–Trinajstić information content (AvgIpc) is 2.92. The van der Waals surface area contributed by atoms with Crippen LogP contribution in [0.25, 0.3) is 10.2 Å². The van der Waals surface area contributed by atoms with Gasteiger partial charge in [-0.05, 0) is 31.5 Å². The molecule has 0 bridgehead atoms. The van der Waals surface area contributed by atoms with Gasteiger partial charge in [0.2, 0.25) is 0 Å². The Morgan fingerprint density at radius 2 is 2.00 bits per heavy atom. The second-order valence-corrected chi connectivity index (χ2v) is 6.57. The maximum absolute atomic E-state index is 13.1. The average molecular weight is 381 g/mol. The van der Waals surface area contributed by atoms with Crippen LogP contribution in [0, 0.1) is 6.92 Å². The van der Waals surface area contributed by atoms with Crippen molar-refractivity contribution in [2.75, 3.05) is 5.32 Å². The van der Waals surface area contributed by atoms with Gasteiger partial charge in [0, 0.05) is 6.54 Å². The van der Waals surface area contributed by atoms with Crippen molar-refractivity contribution in [2.45, 2.75) is 26.6 Å². The minimum absolute atomic E-state index is 0.162. The van der Waals surface area contributed by atoms with Crippen molar-refractivity contribution in [1.29, 1.82) is 0 Å². The minimum Gasteiger partial charge on any atom is -0.321 e. The molecule has 0 spiro atoms. The molecule has 0 unspecified atom stereocenters. The van der Waals surface area contributed by atoms with Crippen molar-refractivity contribution < 1.29 is 18.0 Å². The molecule has 0 aliphatic carbocycles. The Hall–Kier alpha value is -2.68. The van der Waals surface area contributed by atoms with E-state index in [1.165, 1.54) is 29.1 Å². The van der Waals surface area contributed by atoms with E-state index in [4.69, 9.17) is 0 Å². The third-order valence-corrected chi connectivity index (χ3v) is 5.14. The second-order valence-electron chi connectivity index (χ2n) is 5.57. The molecule has 5 nitrogen and oxygen atoms in total. The van der Waals surface area contributed by atoms with E-state index in [9.17, 15) is 22.8 Å². The molecule has 2 aromatic heterocycles. The van der Waals surface area contributed by atoms with E-state index in [-0.39, 0.29) is 16.1 Å². The summed E-state index contributed by atoms with van der Waals surface area (Å²) in [7, 11) is 0. The molecule has 9 heteroatoms. The Labute approximate surface area is 150 Å². The maximum atomic E-state index is 13.1. The first-order valence-corrected chi connectivity index (χ1v) is 8.51. The van der Waals surface area contributed by atoms with Crippen LogP contribution in [-0.2, 0) is 12.7 Å². The van der Waals surface area contributed by atoms with E-state index in [1.54, 1.807) is 13.8 Å². The van der Waals surface area contributed by atoms with E-state index >= 15 is 0 Å². The van der Waals surface area contributed by atoms with Crippen LogP contribution in [0.3, 0.4) is 0 Å². The number of carbonyl (C=O) groups excluding carboxylic acids is 1. The summed E-state index contributed by atoms with van der Waals surface area (Å²) in [6.45, 7) is 3.81. The molecule has 0 fully saturated rings. The number of rotatable bonds is 3. The summed E-state index contributed by atoms with van der Waals surface area (Å²) < 4.78 is 40.6. The molecule has 0 saturated heterocycles. The first-order valence-electron chi connectivity index (χ1n) is 7.70. The van der Waals surface area contributed by atoms with Crippen LogP contribution in [0.15, 0.2) is 35.4 Å². The molecule has 3 rings (SSSR count). The lowest BCUT2D eigenvalue weighted by molar-refractivity contribution is -0.136. The number of nitrogens with zero attached hydrogens (tertiary/aromatic N) is 2. The summed E-state index contributed by atoms with van der Waals surface area (Å²) in [6.07, 6.45) is -3.20. The van der Waals surface area contributed by atoms with Crippen molar-refractivity contribution in [1.82, 2.24) is 9.55 Å². The minimum atomic E-state index is -4.59. The number of hydrogen-bond acceptors (Lipinski definition) is 4. The molecule has 136 valence electrons. The number of amides is 1. The first kappa shape index (κ1) is 18.1. The third-order valence-electron chi connectivity index (χ3n) is 3.94. The molecule has 26 heavy (non-hydrogen) atoms. The van der Waals surface area contributed by atoms with Crippen molar-refractivity contribution >= 4 is 33.1 Å². The number of para-hydroxylation sites is 1. The summed E-state index contributed by atoms with van der Waals surface area (Å²) in [5, 5.41) is 2.61. The van der Waals surface area contributed by atoms with Crippen LogP contribution in [0.5, 0.6) is 0 Å². The van der Waals surface area contributed by atoms with Gasteiger partial charge in [-0.1, -0.05) is 12.1 Å². The van der Waals surface area contributed by atoms with Crippen molar-refractivity contribution in [3.8, 4) is 0 Å². The summed E-state index contributed by atoms with van der Waals surface area (Å²) in [5.41, 5.74) is -1.13. The highest BCUT2D eigenvalue weighted by molar-refractivity contribution is 7.20. The number of fused-ring (bicyclic) bond motifs is 1. The third kappa shape index (κ3) is 3.10. The second kappa shape index (κ2) is 6.56. The van der Waals surface area contributed by atoms with Crippen LogP contribution in [0.2, 0.25) is 0 Å². The van der Waals surface area contributed by atoms with Crippen LogP contribution in [-0.4, -0.2) is 15.5 Å². The normalized spacial score (nSPS) is 11.7. The predicted octanol–water partition coefficient (Wildman–Crippen LogP) is 4.06. The highest BCUT2D eigenvalue weighted by Gasteiger charge is 2.34. The van der Waals surface area contributed by atoms with E-state index < -0.39 is 17.6 Å². The highest BCUT2D eigenvalue weighted by atomic mass is 32.1. The van der Waals surface area contributed by atoms with Gasteiger partial charge in [0.1, 0.15) is 4.83 Å². The lowest BCUT2D eigenvalue weighted by Gasteiger charge is -2.13. The molecule has 2 heterocycles. The van der Waals surface area contributed by atoms with Crippen LogP contribution in [0.1, 0.15) is 27.7 Å². The van der Waals surface area contributed by atoms with Crippen molar-refractivity contribution in [2.24, 2.45) is 0 Å². The van der Waals surface area contributed by atoms with Crippen molar-refractivity contribution in [3.63, 3.8) is 0 Å². The van der Waals surface area contributed by atoms with Crippen LogP contribution >= 0.6 is 11.3 Å². The quantitative estimate of drug-likeness (QED) is 0.744. The van der Waals surface area contributed by atoms with Crippen molar-refractivity contribution in [3.05, 3.63) is 57.0 Å². The van der Waals surface area contributed by atoms with Crippen LogP contribution < -0.4 is 10.9 Å². The number of halogens is 3. The number of carbonyl (C=O) groups is 1. The fourth-order valence-electron chi connectivity index (χ4n) is 2.62. The largest absolute Gasteiger partial charge is 0.418 e. The lowest BCUT2D eigenvalue weighted by Crippen LogP contribution is -2.19. The zero-order valence-corrected chi connectivity index (χ0v) is 14.7. The number of aromatic nitrogens is 2. The lowest BCUT2D eigenvalue weighted by atomic mass is 10.1. The molecule has 0 atom stereocenters. The molecule has 1 aromatic carbocycles. The predicted molar refractivity (Wildman–Crippen MR) is 93.7 cm³/mol. The molecular formula is C17H14F3N3O2S. The molecule has 3 aromatic rings. The number of anilines is 1. The topological polar surface area (TPSA) is 64.0 Å². The molecular weight excluding hydrogens is 367 g/mol. The molecule has 0 aliphatic heterocycles. The molecule has 0 radical (unpaired) electrons. The van der Waals surface area contributed by atoms with E-state index in [0.29, 0.717) is 22.3 Å². The smallest absolute Gasteiger partial charge is 0.321 e. The Morgan fingerprint density at radius 1 is 1.31 bits per heavy atom. The first-order chi connectivity index (χ1) is 12.2. The fourth-order valence-corrected chi connectivity index (χ4v) is 3.65. The van der Waals surface area contributed by atoms with Gasteiger partial charge in [-0.3, -0.25) is 14.2 Å². The van der Waals surface area contributed by atoms with Gasteiger partial charge < -0.3 is 5.32 Å². The monoisotopic (exact) mass is 381 g/mol. The van der Waals surface area contributed by atoms with E-state index in [1.807, 2.05) is 0 Å². The number of hydrogen-bond donors (Lipinski definition) is 1. The van der Waals surface area contributed by atoms with E-state index in [2.05, 4.69) is 10.3 Å². The number of alkyl halides is 3. The number of benzene rings is 1. The molecule has 1 N–H and O–H groups in total. The van der Waals surface area contributed by atoms with Gasteiger partial charge in [-0.25, -0.2) is 4.98 Å². The summed E-state index contributed by atoms with van der Waals surface area (Å²) in [5.74, 6) is -0.704. The SMILES string of the molecule is CCn1cnc2sc(C(=O)Nc3ccccc3C(F)(F)F)c(C)c2c1=O. The molecule has 1 amide bonds. The van der Waals surface area contributed by atoms with Gasteiger partial charge in [0.05, 0.1) is 27.8 Å². The number of aryl methyl sites for hydroxylation is 2. The summed E-state index contributed by atoms with van der Waals surface area (Å²) in [4.78, 5) is 29.7. The zero-order chi connectivity index (χ0) is 19.1. The fraction of sp³-hybridized carbons (Fsp3) is 0.235. The maximum Gasteiger partial charge on any atom is 0.418 e. The highest BCUT2D eigenvalue weighted by Crippen LogP contribution is 2.35. The van der Waals surface area contributed by atoms with Crippen LogP contribution in [0.4, 0.5) is 18.9 Å². The number of nitrogens with one attached hydrogen (secondary N) is 1.